The molecular formula is C19H21FN2O2. The number of carbonyl (C=O) groups is 1. The first-order valence-electron chi connectivity index (χ1n) is 8.01. The average molecular weight is 328 g/mol. The molecule has 0 unspecified atom stereocenters. The Morgan fingerprint density at radius 1 is 1.21 bits per heavy atom. The highest BCUT2D eigenvalue weighted by atomic mass is 19.1. The summed E-state index contributed by atoms with van der Waals surface area (Å²) in [5.41, 5.74) is 1.70. The van der Waals surface area contributed by atoms with Gasteiger partial charge in [-0.25, -0.2) is 4.39 Å². The fourth-order valence-electron chi connectivity index (χ4n) is 2.81. The lowest BCUT2D eigenvalue weighted by Crippen LogP contribution is -2.41. The van der Waals surface area contributed by atoms with Crippen LogP contribution in [0.2, 0.25) is 0 Å². The summed E-state index contributed by atoms with van der Waals surface area (Å²) in [6.45, 7) is 5.73. The van der Waals surface area contributed by atoms with Gasteiger partial charge in [-0.05, 0) is 37.6 Å². The number of halogens is 1. The van der Waals surface area contributed by atoms with Gasteiger partial charge in [-0.2, -0.15) is 0 Å². The van der Waals surface area contributed by atoms with Crippen LogP contribution in [0.4, 0.5) is 4.39 Å². The maximum atomic E-state index is 13.1. The normalized spacial score (nSPS) is 14.3. The Morgan fingerprint density at radius 3 is 2.71 bits per heavy atom. The Bertz CT molecular complexity index is 742. The fourth-order valence-corrected chi connectivity index (χ4v) is 2.81. The van der Waals surface area contributed by atoms with E-state index in [4.69, 9.17) is 4.74 Å². The largest absolute Gasteiger partial charge is 0.491 e. The van der Waals surface area contributed by atoms with Gasteiger partial charge in [-0.15, -0.1) is 0 Å². The molecule has 0 atom stereocenters. The topological polar surface area (TPSA) is 50.4 Å². The molecule has 0 radical (unpaired) electrons. The molecule has 0 saturated heterocycles. The monoisotopic (exact) mass is 328 g/mol. The Hall–Kier alpha value is -2.40. The molecule has 2 aromatic carbocycles. The van der Waals surface area contributed by atoms with Crippen LogP contribution in [0, 0.1) is 5.82 Å². The molecule has 1 aliphatic rings. The number of nitrogens with one attached hydrogen (secondary N) is 2. The zero-order chi connectivity index (χ0) is 17.2. The predicted molar refractivity (Wildman–Crippen MR) is 90.5 cm³/mol. The highest BCUT2D eigenvalue weighted by Gasteiger charge is 2.26. The zero-order valence-electron chi connectivity index (χ0n) is 13.9. The first-order chi connectivity index (χ1) is 11.5. The molecule has 3 rings (SSSR count). The van der Waals surface area contributed by atoms with Crippen molar-refractivity contribution in [1.82, 2.24) is 10.6 Å². The van der Waals surface area contributed by atoms with Gasteiger partial charge in [-0.1, -0.05) is 24.3 Å². The van der Waals surface area contributed by atoms with E-state index in [1.54, 1.807) is 18.2 Å². The van der Waals surface area contributed by atoms with Crippen molar-refractivity contribution >= 4 is 5.91 Å². The molecule has 24 heavy (non-hydrogen) atoms. The molecule has 2 N–H and O–H groups in total. The maximum absolute atomic E-state index is 13.1. The number of hydrogen-bond acceptors (Lipinski definition) is 3. The summed E-state index contributed by atoms with van der Waals surface area (Å²) in [5, 5.41) is 6.27. The van der Waals surface area contributed by atoms with Crippen LogP contribution < -0.4 is 15.4 Å². The third-order valence-corrected chi connectivity index (χ3v) is 4.17. The molecule has 2 aromatic rings. The molecule has 1 aliphatic heterocycles. The van der Waals surface area contributed by atoms with Crippen LogP contribution in [0.3, 0.4) is 0 Å². The molecule has 5 heteroatoms. The summed E-state index contributed by atoms with van der Waals surface area (Å²) in [6.07, 6.45) is 0. The minimum atomic E-state index is -0.628. The maximum Gasteiger partial charge on any atom is 0.255 e. The first kappa shape index (κ1) is 16.5. The highest BCUT2D eigenvalue weighted by Crippen LogP contribution is 2.27. The van der Waals surface area contributed by atoms with E-state index in [1.807, 2.05) is 26.0 Å². The Kier molecular flexibility index (Phi) is 4.53. The van der Waals surface area contributed by atoms with Crippen molar-refractivity contribution in [1.29, 1.82) is 0 Å². The van der Waals surface area contributed by atoms with E-state index in [1.165, 1.54) is 12.1 Å². The lowest BCUT2D eigenvalue weighted by atomic mass is 9.93. The van der Waals surface area contributed by atoms with Crippen LogP contribution in [0.25, 0.3) is 0 Å². The molecule has 1 amide bonds. The first-order valence-corrected chi connectivity index (χ1v) is 8.01. The summed E-state index contributed by atoms with van der Waals surface area (Å²) in [5.74, 6) is 0.133. The van der Waals surface area contributed by atoms with Crippen LogP contribution in [0.15, 0.2) is 42.5 Å². The quantitative estimate of drug-likeness (QED) is 0.911. The van der Waals surface area contributed by atoms with E-state index in [-0.39, 0.29) is 11.7 Å². The van der Waals surface area contributed by atoms with Crippen molar-refractivity contribution in [3.63, 3.8) is 0 Å². The van der Waals surface area contributed by atoms with E-state index in [9.17, 15) is 9.18 Å². The highest BCUT2D eigenvalue weighted by molar-refractivity contribution is 5.97. The van der Waals surface area contributed by atoms with Crippen LogP contribution in [0.1, 0.15) is 35.3 Å². The summed E-state index contributed by atoms with van der Waals surface area (Å²) in [7, 11) is 0. The van der Waals surface area contributed by atoms with Crippen molar-refractivity contribution in [2.75, 3.05) is 13.2 Å². The number of fused-ring (bicyclic) bond motifs is 1. The molecule has 4 nitrogen and oxygen atoms in total. The standard InChI is InChI=1S/C19H21FN2O2/c1-19(2,14-6-8-15(20)9-7-14)22-18(23)16-5-3-4-13-12-21-10-11-24-17(13)16/h3-9,21H,10-12H2,1-2H3,(H,22,23). The van der Waals surface area contributed by atoms with Gasteiger partial charge in [0.15, 0.2) is 0 Å². The summed E-state index contributed by atoms with van der Waals surface area (Å²) in [6, 6.07) is 11.7. The third-order valence-electron chi connectivity index (χ3n) is 4.17. The van der Waals surface area contributed by atoms with E-state index < -0.39 is 5.54 Å². The van der Waals surface area contributed by atoms with Gasteiger partial charge in [0.1, 0.15) is 18.2 Å². The number of amides is 1. The van der Waals surface area contributed by atoms with Crippen LogP contribution in [-0.4, -0.2) is 19.1 Å². The van der Waals surface area contributed by atoms with Crippen LogP contribution in [-0.2, 0) is 12.1 Å². The lowest BCUT2D eigenvalue weighted by molar-refractivity contribution is 0.0908. The summed E-state index contributed by atoms with van der Waals surface area (Å²) in [4.78, 5) is 12.8. The molecule has 126 valence electrons. The molecule has 0 fully saturated rings. The lowest BCUT2D eigenvalue weighted by Gasteiger charge is -2.27. The zero-order valence-corrected chi connectivity index (χ0v) is 13.9. The van der Waals surface area contributed by atoms with Gasteiger partial charge < -0.3 is 15.4 Å². The Morgan fingerprint density at radius 2 is 1.96 bits per heavy atom. The second-order valence-electron chi connectivity index (χ2n) is 6.41. The number of ether oxygens (including phenoxy) is 1. The van der Waals surface area contributed by atoms with Crippen molar-refractivity contribution < 1.29 is 13.9 Å². The van der Waals surface area contributed by atoms with E-state index in [0.717, 1.165) is 17.7 Å². The van der Waals surface area contributed by atoms with Gasteiger partial charge in [0.25, 0.3) is 5.91 Å². The van der Waals surface area contributed by atoms with Crippen molar-refractivity contribution in [3.05, 3.63) is 65.0 Å². The summed E-state index contributed by atoms with van der Waals surface area (Å²) < 4.78 is 18.9. The van der Waals surface area contributed by atoms with Gasteiger partial charge in [0.05, 0.1) is 11.1 Å². The molecule has 0 spiro atoms. The predicted octanol–water partition coefficient (Wildman–Crippen LogP) is 2.97. The van der Waals surface area contributed by atoms with Gasteiger partial charge >= 0.3 is 0 Å². The Labute approximate surface area is 141 Å². The second kappa shape index (κ2) is 6.61. The van der Waals surface area contributed by atoms with Crippen LogP contribution in [0.5, 0.6) is 5.75 Å². The summed E-state index contributed by atoms with van der Waals surface area (Å²) >= 11 is 0. The Balaban J connectivity index is 1.86. The molecule has 1 heterocycles. The third kappa shape index (κ3) is 3.41. The van der Waals surface area contributed by atoms with E-state index >= 15 is 0 Å². The van der Waals surface area contributed by atoms with E-state index in [2.05, 4.69) is 10.6 Å². The van der Waals surface area contributed by atoms with Crippen molar-refractivity contribution in [2.45, 2.75) is 25.9 Å². The SMILES string of the molecule is CC(C)(NC(=O)c1cccc2c1OCCNC2)c1ccc(F)cc1. The molecule has 0 saturated carbocycles. The average Bonchev–Trinajstić information content (AvgIpc) is 2.80. The number of carbonyl (C=O) groups excluding carboxylic acids is 1. The smallest absolute Gasteiger partial charge is 0.255 e. The molecule has 0 aliphatic carbocycles. The minimum Gasteiger partial charge on any atom is -0.491 e. The molecule has 0 aromatic heterocycles. The molecule has 0 bridgehead atoms. The second-order valence-corrected chi connectivity index (χ2v) is 6.41. The fraction of sp³-hybridized carbons (Fsp3) is 0.316. The van der Waals surface area contributed by atoms with Gasteiger partial charge in [0, 0.05) is 18.7 Å². The van der Waals surface area contributed by atoms with Gasteiger partial charge in [-0.3, -0.25) is 4.79 Å². The minimum absolute atomic E-state index is 0.205. The number of benzene rings is 2. The molecular weight excluding hydrogens is 307 g/mol. The van der Waals surface area contributed by atoms with Crippen molar-refractivity contribution in [3.8, 4) is 5.75 Å². The van der Waals surface area contributed by atoms with E-state index in [0.29, 0.717) is 24.5 Å². The number of hydrogen-bond donors (Lipinski definition) is 2. The number of rotatable bonds is 3. The van der Waals surface area contributed by atoms with Gasteiger partial charge in [0.2, 0.25) is 0 Å². The number of para-hydroxylation sites is 1. The van der Waals surface area contributed by atoms with Crippen LogP contribution >= 0.6 is 0 Å². The van der Waals surface area contributed by atoms with Crippen molar-refractivity contribution in [2.24, 2.45) is 0 Å².